The Bertz CT molecular complexity index is 852. The van der Waals surface area contributed by atoms with Gasteiger partial charge in [0.25, 0.3) is 5.69 Å². The summed E-state index contributed by atoms with van der Waals surface area (Å²) in [4.78, 5) is 26.3. The van der Waals surface area contributed by atoms with E-state index in [2.05, 4.69) is 4.98 Å². The maximum atomic E-state index is 11.2. The predicted octanol–water partition coefficient (Wildman–Crippen LogP) is 3.22. The minimum Gasteiger partial charge on any atom is -0.437 e. The Balaban J connectivity index is 2.00. The van der Waals surface area contributed by atoms with Gasteiger partial charge in [-0.05, 0) is 18.6 Å². The molecule has 0 bridgehead atoms. The van der Waals surface area contributed by atoms with E-state index < -0.39 is 4.92 Å². The van der Waals surface area contributed by atoms with Gasteiger partial charge in [-0.15, -0.1) is 11.3 Å². The molecule has 0 spiro atoms. The van der Waals surface area contributed by atoms with Crippen molar-refractivity contribution in [2.45, 2.75) is 6.92 Å². The average molecular weight is 303 g/mol. The zero-order valence-electron chi connectivity index (χ0n) is 10.8. The molecule has 21 heavy (non-hydrogen) atoms. The number of hydrogen-bond donors (Lipinski definition) is 0. The quantitative estimate of drug-likeness (QED) is 0.419. The number of rotatable bonds is 4. The highest BCUT2D eigenvalue weighted by atomic mass is 32.1. The predicted molar refractivity (Wildman–Crippen MR) is 76.4 cm³/mol. The van der Waals surface area contributed by atoms with Crippen LogP contribution in [-0.2, 0) is 0 Å². The molecule has 2 heterocycles. The number of imidazole rings is 1. The molecule has 1 aromatic carbocycles. The van der Waals surface area contributed by atoms with Gasteiger partial charge in [0.2, 0.25) is 5.88 Å². The highest BCUT2D eigenvalue weighted by Gasteiger charge is 2.16. The van der Waals surface area contributed by atoms with E-state index in [-0.39, 0.29) is 11.6 Å². The van der Waals surface area contributed by atoms with E-state index in [0.29, 0.717) is 28.3 Å². The van der Waals surface area contributed by atoms with Crippen LogP contribution < -0.4 is 4.74 Å². The topological polar surface area (TPSA) is 86.7 Å². The van der Waals surface area contributed by atoms with Crippen LogP contribution in [0, 0.1) is 17.0 Å². The number of aryl methyl sites for hydroxylation is 1. The molecule has 3 aromatic rings. The van der Waals surface area contributed by atoms with Crippen LogP contribution in [0.2, 0.25) is 0 Å². The summed E-state index contributed by atoms with van der Waals surface area (Å²) in [6.07, 6.45) is 2.40. The zero-order valence-corrected chi connectivity index (χ0v) is 11.7. The standard InChI is InChI=1S/C13H9N3O4S/c1-8-6-9(16(18)19)2-3-11(8)20-12-10(7-17)15-4-5-21-13(15)14-12/h2-7H,1H3. The van der Waals surface area contributed by atoms with Gasteiger partial charge in [0.1, 0.15) is 5.75 Å². The number of carbonyl (C=O) groups excluding carboxylic acids is 1. The van der Waals surface area contributed by atoms with Crippen LogP contribution in [-0.4, -0.2) is 20.6 Å². The molecule has 0 N–H and O–H groups in total. The van der Waals surface area contributed by atoms with E-state index in [1.54, 1.807) is 17.5 Å². The molecule has 0 aliphatic heterocycles. The number of hydrogen-bond acceptors (Lipinski definition) is 6. The molecule has 0 fully saturated rings. The minimum absolute atomic E-state index is 0.0127. The summed E-state index contributed by atoms with van der Waals surface area (Å²) in [5.74, 6) is 0.614. The fraction of sp³-hybridized carbons (Fsp3) is 0.0769. The maximum absolute atomic E-state index is 11.2. The monoisotopic (exact) mass is 303 g/mol. The van der Waals surface area contributed by atoms with E-state index >= 15 is 0 Å². The first-order valence-electron chi connectivity index (χ1n) is 5.94. The Labute approximate surface area is 122 Å². The first-order chi connectivity index (χ1) is 10.1. The van der Waals surface area contributed by atoms with Crippen molar-refractivity contribution in [2.75, 3.05) is 0 Å². The molecule has 106 valence electrons. The Kier molecular flexibility index (Phi) is 3.15. The smallest absolute Gasteiger partial charge is 0.269 e. The van der Waals surface area contributed by atoms with Crippen molar-refractivity contribution in [2.24, 2.45) is 0 Å². The lowest BCUT2D eigenvalue weighted by Crippen LogP contribution is -1.95. The number of fused-ring (bicyclic) bond motifs is 1. The number of carbonyl (C=O) groups is 1. The number of thiazole rings is 1. The summed E-state index contributed by atoms with van der Waals surface area (Å²) in [5, 5.41) is 12.5. The number of benzene rings is 1. The molecule has 8 heteroatoms. The average Bonchev–Trinajstić information content (AvgIpc) is 3.00. The molecule has 0 unspecified atom stereocenters. The van der Waals surface area contributed by atoms with Crippen molar-refractivity contribution in [3.8, 4) is 11.6 Å². The van der Waals surface area contributed by atoms with Gasteiger partial charge in [0, 0.05) is 23.7 Å². The van der Waals surface area contributed by atoms with Crippen molar-refractivity contribution in [3.05, 3.63) is 51.1 Å². The molecule has 3 rings (SSSR count). The first kappa shape index (κ1) is 13.3. The molecule has 0 amide bonds. The molecule has 0 saturated carbocycles. The zero-order chi connectivity index (χ0) is 15.0. The number of non-ortho nitro benzene ring substituents is 1. The van der Waals surface area contributed by atoms with Crippen molar-refractivity contribution in [1.82, 2.24) is 9.38 Å². The third-order valence-electron chi connectivity index (χ3n) is 2.95. The fourth-order valence-electron chi connectivity index (χ4n) is 1.93. The van der Waals surface area contributed by atoms with Crippen LogP contribution >= 0.6 is 11.3 Å². The normalized spacial score (nSPS) is 10.7. The van der Waals surface area contributed by atoms with E-state index in [1.165, 1.54) is 29.5 Å². The number of aldehydes is 1. The molecular weight excluding hydrogens is 294 g/mol. The molecular formula is C13H9N3O4S. The molecule has 0 saturated heterocycles. The van der Waals surface area contributed by atoms with Gasteiger partial charge in [0.15, 0.2) is 16.9 Å². The number of nitro groups is 1. The Hall–Kier alpha value is -2.74. The highest BCUT2D eigenvalue weighted by Crippen LogP contribution is 2.30. The van der Waals surface area contributed by atoms with Crippen LogP contribution in [0.3, 0.4) is 0 Å². The number of nitrogens with zero attached hydrogens (tertiary/aromatic N) is 3. The molecule has 0 aliphatic carbocycles. The fourth-order valence-corrected chi connectivity index (χ4v) is 2.64. The third-order valence-corrected chi connectivity index (χ3v) is 3.71. The Morgan fingerprint density at radius 2 is 2.29 bits per heavy atom. The van der Waals surface area contributed by atoms with Crippen molar-refractivity contribution in [1.29, 1.82) is 0 Å². The van der Waals surface area contributed by atoms with Crippen LogP contribution in [0.25, 0.3) is 4.96 Å². The second-order valence-electron chi connectivity index (χ2n) is 4.28. The Morgan fingerprint density at radius 3 is 2.95 bits per heavy atom. The molecule has 7 nitrogen and oxygen atoms in total. The van der Waals surface area contributed by atoms with Gasteiger partial charge in [0.05, 0.1) is 4.92 Å². The van der Waals surface area contributed by atoms with Crippen molar-refractivity contribution < 1.29 is 14.5 Å². The highest BCUT2D eigenvalue weighted by molar-refractivity contribution is 7.15. The van der Waals surface area contributed by atoms with Crippen LogP contribution in [0.5, 0.6) is 11.6 Å². The second-order valence-corrected chi connectivity index (χ2v) is 5.16. The molecule has 0 radical (unpaired) electrons. The van der Waals surface area contributed by atoms with Gasteiger partial charge >= 0.3 is 0 Å². The van der Waals surface area contributed by atoms with Gasteiger partial charge in [-0.1, -0.05) is 0 Å². The van der Waals surface area contributed by atoms with E-state index in [4.69, 9.17) is 4.74 Å². The lowest BCUT2D eigenvalue weighted by Gasteiger charge is -2.06. The number of nitro benzene ring substituents is 1. The van der Waals surface area contributed by atoms with Crippen LogP contribution in [0.4, 0.5) is 5.69 Å². The molecule has 0 aliphatic rings. The summed E-state index contributed by atoms with van der Waals surface area (Å²) in [6.45, 7) is 1.70. The van der Waals surface area contributed by atoms with Gasteiger partial charge in [-0.25, -0.2) is 0 Å². The van der Waals surface area contributed by atoms with Gasteiger partial charge < -0.3 is 4.74 Å². The summed E-state index contributed by atoms with van der Waals surface area (Å²) in [7, 11) is 0. The summed E-state index contributed by atoms with van der Waals surface area (Å²) < 4.78 is 7.26. The maximum Gasteiger partial charge on any atom is 0.269 e. The lowest BCUT2D eigenvalue weighted by molar-refractivity contribution is -0.384. The van der Waals surface area contributed by atoms with Gasteiger partial charge in [-0.3, -0.25) is 19.3 Å². The molecule has 0 atom stereocenters. The summed E-state index contributed by atoms with van der Waals surface area (Å²) >= 11 is 1.38. The number of aromatic nitrogens is 2. The van der Waals surface area contributed by atoms with Crippen LogP contribution in [0.1, 0.15) is 16.1 Å². The summed E-state index contributed by atoms with van der Waals surface area (Å²) in [5.41, 5.74) is 0.891. The minimum atomic E-state index is -0.472. The molecule has 2 aromatic heterocycles. The SMILES string of the molecule is Cc1cc([N+](=O)[O-])ccc1Oc1nc2sccn2c1C=O. The van der Waals surface area contributed by atoms with Crippen molar-refractivity contribution >= 4 is 28.3 Å². The number of ether oxygens (including phenoxy) is 1. The lowest BCUT2D eigenvalue weighted by atomic mass is 10.2. The first-order valence-corrected chi connectivity index (χ1v) is 6.81. The van der Waals surface area contributed by atoms with Crippen molar-refractivity contribution in [3.63, 3.8) is 0 Å². The van der Waals surface area contributed by atoms with E-state index in [0.717, 1.165) is 0 Å². The third kappa shape index (κ3) is 2.25. The second kappa shape index (κ2) is 4.98. The van der Waals surface area contributed by atoms with Crippen LogP contribution in [0.15, 0.2) is 29.8 Å². The Morgan fingerprint density at radius 1 is 1.48 bits per heavy atom. The van der Waals surface area contributed by atoms with E-state index in [1.807, 2.05) is 5.38 Å². The summed E-state index contributed by atoms with van der Waals surface area (Å²) in [6, 6.07) is 4.26. The van der Waals surface area contributed by atoms with E-state index in [9.17, 15) is 14.9 Å². The largest absolute Gasteiger partial charge is 0.437 e. The van der Waals surface area contributed by atoms with Gasteiger partial charge in [-0.2, -0.15) is 4.98 Å².